The molecular formula is C53H48N2. The Morgan fingerprint density at radius 1 is 0.582 bits per heavy atom. The second-order valence-electron chi connectivity index (χ2n) is 13.4. The van der Waals surface area contributed by atoms with Gasteiger partial charge in [0, 0.05) is 11.6 Å². The largest absolute Gasteiger partial charge is 0.405 e. The van der Waals surface area contributed by atoms with Gasteiger partial charge in [0.05, 0.1) is 5.41 Å². The van der Waals surface area contributed by atoms with Gasteiger partial charge in [-0.15, -0.1) is 0 Å². The monoisotopic (exact) mass is 712 g/mol. The van der Waals surface area contributed by atoms with Gasteiger partial charge < -0.3 is 11.5 Å². The molecule has 0 aliphatic heterocycles. The van der Waals surface area contributed by atoms with E-state index in [1.54, 1.807) is 12.2 Å². The van der Waals surface area contributed by atoms with Crippen LogP contribution in [0.2, 0.25) is 0 Å². The summed E-state index contributed by atoms with van der Waals surface area (Å²) >= 11 is 0. The Kier molecular flexibility index (Phi) is 12.5. The van der Waals surface area contributed by atoms with Gasteiger partial charge in [0.1, 0.15) is 0 Å². The van der Waals surface area contributed by atoms with Crippen molar-refractivity contribution in [2.75, 3.05) is 0 Å². The van der Waals surface area contributed by atoms with Crippen molar-refractivity contribution >= 4 is 5.70 Å². The Morgan fingerprint density at radius 3 is 1.82 bits per heavy atom. The lowest BCUT2D eigenvalue weighted by atomic mass is 9.65. The van der Waals surface area contributed by atoms with Gasteiger partial charge in [-0.1, -0.05) is 220 Å². The predicted octanol–water partition coefficient (Wildman–Crippen LogP) is 12.7. The number of hydrogen-bond donors (Lipinski definition) is 2. The van der Waals surface area contributed by atoms with Crippen LogP contribution in [0.1, 0.15) is 40.7 Å². The van der Waals surface area contributed by atoms with Crippen molar-refractivity contribution in [2.24, 2.45) is 11.5 Å². The average Bonchev–Trinajstić information content (AvgIpc) is 3.52. The minimum absolute atomic E-state index is 0.331. The van der Waals surface area contributed by atoms with Gasteiger partial charge in [-0.2, -0.15) is 0 Å². The summed E-state index contributed by atoms with van der Waals surface area (Å²) in [5, 5.41) is 0. The standard InChI is InChI=1S/C39H30.C8H9N.C6H9N/c1-28(29-14-5-2-6-15-29)30-16-13-17-31(26-30)32-24-25-36-35-22-11-12-23-37(35)39(38(36)27-32)33-18-7-3-8-19-34(39)21-10-4-9-20-33;1-7(9)8-5-3-2-4-6-8;1-2-3-4-5-6-7/h2-28H,1H3;2-6H,1,9H2;2-6H,1,7H2/b7-3-,8-3?,9-4?,10-4-,18-7?,19-8-,20-9-,21-10?,33-18-,33-20?,34-19?,34-21-;;4-3-,6-5-. The first-order chi connectivity index (χ1) is 27.0. The zero-order valence-corrected chi connectivity index (χ0v) is 31.4. The number of benzene rings is 5. The molecule has 0 aromatic heterocycles. The van der Waals surface area contributed by atoms with Gasteiger partial charge in [-0.3, -0.25) is 0 Å². The van der Waals surface area contributed by atoms with E-state index in [1.165, 1.54) is 61.9 Å². The van der Waals surface area contributed by atoms with Crippen LogP contribution in [0, 0.1) is 0 Å². The third-order valence-electron chi connectivity index (χ3n) is 10.1. The Morgan fingerprint density at radius 2 is 1.18 bits per heavy atom. The van der Waals surface area contributed by atoms with Crippen molar-refractivity contribution in [3.63, 3.8) is 0 Å². The van der Waals surface area contributed by atoms with Crippen LogP contribution in [0.25, 0.3) is 28.0 Å². The van der Waals surface area contributed by atoms with Crippen molar-refractivity contribution < 1.29 is 0 Å². The van der Waals surface area contributed by atoms with Crippen LogP contribution in [0.5, 0.6) is 0 Å². The summed E-state index contributed by atoms with van der Waals surface area (Å²) in [7, 11) is 0. The van der Waals surface area contributed by atoms with Crippen LogP contribution in [0.4, 0.5) is 0 Å². The fourth-order valence-electron chi connectivity index (χ4n) is 7.40. The molecule has 55 heavy (non-hydrogen) atoms. The molecule has 2 bridgehead atoms. The molecule has 0 heterocycles. The van der Waals surface area contributed by atoms with Crippen molar-refractivity contribution in [3.8, 4) is 22.3 Å². The van der Waals surface area contributed by atoms with E-state index in [4.69, 9.17) is 11.5 Å². The summed E-state index contributed by atoms with van der Waals surface area (Å²) in [6.07, 6.45) is 30.6. The SMILES string of the molecule is C=C(N)c1ccccc1.C=C/C=C\C=C/N.CC(c1ccccc1)c1cccc(-c2ccc3c(c2)C2(C4=C\C=C/C=C\C2=C\C=C/C=C\4)c2ccccc2-3)c1. The average molecular weight is 713 g/mol. The van der Waals surface area contributed by atoms with Gasteiger partial charge in [0.15, 0.2) is 0 Å². The van der Waals surface area contributed by atoms with Crippen LogP contribution in [-0.2, 0) is 5.41 Å². The second-order valence-corrected chi connectivity index (χ2v) is 13.4. The Labute approximate surface area is 327 Å². The lowest BCUT2D eigenvalue weighted by molar-refractivity contribution is 0.764. The van der Waals surface area contributed by atoms with Gasteiger partial charge in [-0.05, 0) is 79.6 Å². The van der Waals surface area contributed by atoms with Gasteiger partial charge in [-0.25, -0.2) is 0 Å². The van der Waals surface area contributed by atoms with Gasteiger partial charge in [0.25, 0.3) is 0 Å². The van der Waals surface area contributed by atoms with Crippen LogP contribution in [0.15, 0.2) is 243 Å². The number of nitrogens with two attached hydrogens (primary N) is 2. The molecule has 0 fully saturated rings. The first-order valence-corrected chi connectivity index (χ1v) is 18.7. The van der Waals surface area contributed by atoms with Crippen LogP contribution in [-0.4, -0.2) is 0 Å². The fourth-order valence-corrected chi connectivity index (χ4v) is 7.40. The van der Waals surface area contributed by atoms with E-state index < -0.39 is 0 Å². The van der Waals surface area contributed by atoms with Crippen molar-refractivity contribution in [1.29, 1.82) is 0 Å². The van der Waals surface area contributed by atoms with E-state index in [-0.39, 0.29) is 5.41 Å². The van der Waals surface area contributed by atoms with Gasteiger partial charge >= 0.3 is 0 Å². The molecule has 1 unspecified atom stereocenters. The summed E-state index contributed by atoms with van der Waals surface area (Å²) < 4.78 is 0. The Balaban J connectivity index is 0.000000269. The molecule has 5 aromatic carbocycles. The summed E-state index contributed by atoms with van der Waals surface area (Å²) in [6.45, 7) is 9.37. The molecule has 8 rings (SSSR count). The lowest BCUT2D eigenvalue weighted by Crippen LogP contribution is -2.30. The molecule has 3 aliphatic carbocycles. The van der Waals surface area contributed by atoms with Crippen LogP contribution < -0.4 is 11.5 Å². The molecule has 0 amide bonds. The molecular weight excluding hydrogens is 665 g/mol. The second kappa shape index (κ2) is 18.2. The third kappa shape index (κ3) is 8.35. The zero-order chi connectivity index (χ0) is 38.5. The topological polar surface area (TPSA) is 52.0 Å². The van der Waals surface area contributed by atoms with E-state index >= 15 is 0 Å². The maximum absolute atomic E-state index is 5.42. The lowest BCUT2D eigenvalue weighted by Gasteiger charge is -2.36. The molecule has 270 valence electrons. The predicted molar refractivity (Wildman–Crippen MR) is 237 cm³/mol. The molecule has 4 N–H and O–H groups in total. The highest BCUT2D eigenvalue weighted by molar-refractivity contribution is 5.89. The molecule has 0 saturated carbocycles. The molecule has 1 spiro atoms. The van der Waals surface area contributed by atoms with Crippen LogP contribution >= 0.6 is 0 Å². The Bertz CT molecular complexity index is 2340. The number of hydrogen-bond acceptors (Lipinski definition) is 2. The smallest absolute Gasteiger partial charge is 0.0713 e. The van der Waals surface area contributed by atoms with Crippen molar-refractivity contribution in [3.05, 3.63) is 271 Å². The van der Waals surface area contributed by atoms with E-state index in [0.29, 0.717) is 11.6 Å². The Hall–Kier alpha value is -6.90. The fraction of sp³-hybridized carbons (Fsp3) is 0.0566. The molecule has 5 aromatic rings. The molecule has 0 radical (unpaired) electrons. The number of rotatable bonds is 6. The van der Waals surface area contributed by atoms with E-state index in [9.17, 15) is 0 Å². The first-order valence-electron chi connectivity index (χ1n) is 18.7. The zero-order valence-electron chi connectivity index (χ0n) is 31.4. The highest BCUT2D eigenvalue weighted by atomic mass is 14.6. The third-order valence-corrected chi connectivity index (χ3v) is 10.1. The van der Waals surface area contributed by atoms with Crippen molar-refractivity contribution in [1.82, 2.24) is 0 Å². The maximum atomic E-state index is 5.42. The maximum Gasteiger partial charge on any atom is 0.0713 e. The quantitative estimate of drug-likeness (QED) is 0.172. The number of fused-ring (bicyclic) bond motifs is 3. The highest BCUT2D eigenvalue weighted by Crippen LogP contribution is 2.58. The van der Waals surface area contributed by atoms with E-state index in [1.807, 2.05) is 42.5 Å². The molecule has 0 saturated heterocycles. The van der Waals surface area contributed by atoms with E-state index in [2.05, 4.69) is 178 Å². The summed E-state index contributed by atoms with van der Waals surface area (Å²) in [5.41, 5.74) is 24.7. The van der Waals surface area contributed by atoms with Gasteiger partial charge in [0.2, 0.25) is 0 Å². The minimum atomic E-state index is -0.376. The normalized spacial score (nSPS) is 20.7. The molecule has 3 aliphatic rings. The molecule has 1 atom stereocenters. The van der Waals surface area contributed by atoms with Crippen molar-refractivity contribution in [2.45, 2.75) is 18.3 Å². The minimum Gasteiger partial charge on any atom is -0.405 e. The summed E-state index contributed by atoms with van der Waals surface area (Å²) in [5.74, 6) is 0.331. The summed E-state index contributed by atoms with van der Waals surface area (Å²) in [4.78, 5) is 0. The molecule has 2 heteroatoms. The highest BCUT2D eigenvalue weighted by Gasteiger charge is 2.47. The van der Waals surface area contributed by atoms with E-state index in [0.717, 1.165) is 5.56 Å². The summed E-state index contributed by atoms with van der Waals surface area (Å²) in [6, 6.07) is 45.6. The number of allylic oxidation sites excluding steroid dienone is 16. The molecule has 2 nitrogen and oxygen atoms in total. The first kappa shape index (κ1) is 37.8. The van der Waals surface area contributed by atoms with Crippen LogP contribution in [0.3, 0.4) is 0 Å².